The molecule has 0 unspecified atom stereocenters. The van der Waals surface area contributed by atoms with E-state index >= 15 is 0 Å². The van der Waals surface area contributed by atoms with Crippen LogP contribution in [0.4, 0.5) is 0 Å². The molecule has 7 aromatic carbocycles. The van der Waals surface area contributed by atoms with E-state index < -0.39 is 0 Å². The van der Waals surface area contributed by atoms with E-state index in [-0.39, 0.29) is 0 Å². The molecule has 0 radical (unpaired) electrons. The van der Waals surface area contributed by atoms with Gasteiger partial charge < -0.3 is 0 Å². The van der Waals surface area contributed by atoms with Gasteiger partial charge in [0.25, 0.3) is 0 Å². The van der Waals surface area contributed by atoms with Gasteiger partial charge in [-0.25, -0.2) is 9.97 Å². The molecule has 0 spiro atoms. The second kappa shape index (κ2) is 10.5. The van der Waals surface area contributed by atoms with Crippen LogP contribution in [-0.2, 0) is 0 Å². The standard InChI is InChI=1S/C44H26N4/c1-3-31-19-29(9-15-41(31)47-17-1)33-21-34(30-10-16-42-32(20-30)4-2-18-48-42)23-35(22-33)37-11-5-27-8-14-40-38(36-24-45-26-46-25-36)12-6-28-7-13-39(37)43(27)44(28)40/h1-26H. The van der Waals surface area contributed by atoms with Gasteiger partial charge in [0.1, 0.15) is 6.33 Å². The molecule has 0 atom stereocenters. The normalized spacial score (nSPS) is 11.8. The lowest BCUT2D eigenvalue weighted by Crippen LogP contribution is -1.91. The van der Waals surface area contributed by atoms with E-state index in [0.717, 1.165) is 55.2 Å². The third-order valence-electron chi connectivity index (χ3n) is 9.65. The number of pyridine rings is 2. The minimum absolute atomic E-state index is 0.993. The first-order chi connectivity index (χ1) is 23.8. The number of rotatable bonds is 4. The molecule has 0 fully saturated rings. The zero-order chi connectivity index (χ0) is 31.6. The van der Waals surface area contributed by atoms with Crippen molar-refractivity contribution in [1.82, 2.24) is 19.9 Å². The fraction of sp³-hybridized carbons (Fsp3) is 0. The lowest BCUT2D eigenvalue weighted by atomic mass is 9.86. The summed E-state index contributed by atoms with van der Waals surface area (Å²) in [5, 5.41) is 9.71. The van der Waals surface area contributed by atoms with Crippen molar-refractivity contribution >= 4 is 54.1 Å². The number of aromatic nitrogens is 4. The van der Waals surface area contributed by atoms with Gasteiger partial charge in [-0.05, 0) is 126 Å². The van der Waals surface area contributed by atoms with Crippen molar-refractivity contribution in [1.29, 1.82) is 0 Å². The summed E-state index contributed by atoms with van der Waals surface area (Å²) in [4.78, 5) is 17.7. The fourth-order valence-corrected chi connectivity index (χ4v) is 7.37. The Hall–Kier alpha value is -6.52. The predicted molar refractivity (Wildman–Crippen MR) is 198 cm³/mol. The summed E-state index contributed by atoms with van der Waals surface area (Å²) in [5.74, 6) is 0. The monoisotopic (exact) mass is 610 g/mol. The van der Waals surface area contributed by atoms with Crippen LogP contribution in [0, 0.1) is 0 Å². The van der Waals surface area contributed by atoms with E-state index in [1.54, 1.807) is 6.33 Å². The largest absolute Gasteiger partial charge is 0.256 e. The van der Waals surface area contributed by atoms with Gasteiger partial charge in [0.05, 0.1) is 11.0 Å². The van der Waals surface area contributed by atoms with Gasteiger partial charge in [-0.1, -0.05) is 72.8 Å². The lowest BCUT2D eigenvalue weighted by Gasteiger charge is -2.17. The second-order valence-corrected chi connectivity index (χ2v) is 12.4. The molecule has 0 amide bonds. The SMILES string of the molecule is c1cnc2ccc(-c3cc(-c4ccc5ncccc5c4)cc(-c4ccc5ccc6c(-c7cncnc7)ccc7ccc4c5c76)c3)cc2c1. The number of benzene rings is 7. The number of fused-ring (bicyclic) bond motifs is 2. The highest BCUT2D eigenvalue weighted by atomic mass is 14.8. The van der Waals surface area contributed by atoms with Crippen LogP contribution in [0.5, 0.6) is 0 Å². The van der Waals surface area contributed by atoms with Crippen molar-refractivity contribution in [2.75, 3.05) is 0 Å². The van der Waals surface area contributed by atoms with E-state index in [0.29, 0.717) is 0 Å². The molecule has 4 nitrogen and oxygen atoms in total. The molecule has 48 heavy (non-hydrogen) atoms. The van der Waals surface area contributed by atoms with Crippen LogP contribution in [0.25, 0.3) is 98.6 Å². The molecule has 0 saturated carbocycles. The van der Waals surface area contributed by atoms with Crippen LogP contribution in [0.3, 0.4) is 0 Å². The maximum Gasteiger partial charge on any atom is 0.115 e. The first kappa shape index (κ1) is 26.7. The Morgan fingerprint density at radius 3 is 1.42 bits per heavy atom. The predicted octanol–water partition coefficient (Wildman–Crippen LogP) is 11.1. The molecule has 0 aliphatic rings. The molecular weight excluding hydrogens is 585 g/mol. The van der Waals surface area contributed by atoms with E-state index in [4.69, 9.17) is 0 Å². The number of hydrogen-bond acceptors (Lipinski definition) is 4. The van der Waals surface area contributed by atoms with Gasteiger partial charge >= 0.3 is 0 Å². The molecule has 0 N–H and O–H groups in total. The van der Waals surface area contributed by atoms with Crippen molar-refractivity contribution in [2.45, 2.75) is 0 Å². The summed E-state index contributed by atoms with van der Waals surface area (Å²) in [5.41, 5.74) is 11.2. The van der Waals surface area contributed by atoms with Gasteiger partial charge in [-0.15, -0.1) is 0 Å². The number of nitrogens with zero attached hydrogens (tertiary/aromatic N) is 4. The second-order valence-electron chi connectivity index (χ2n) is 12.4. The molecule has 0 aliphatic carbocycles. The van der Waals surface area contributed by atoms with Crippen LogP contribution >= 0.6 is 0 Å². The highest BCUT2D eigenvalue weighted by Gasteiger charge is 2.16. The van der Waals surface area contributed by atoms with E-state index in [1.165, 1.54) is 43.4 Å². The summed E-state index contributed by atoms with van der Waals surface area (Å²) in [6.45, 7) is 0. The Balaban J connectivity index is 1.23. The van der Waals surface area contributed by atoms with Crippen molar-refractivity contribution in [2.24, 2.45) is 0 Å². The molecular formula is C44H26N4. The molecule has 0 aliphatic heterocycles. The Labute approximate surface area is 276 Å². The lowest BCUT2D eigenvalue weighted by molar-refractivity contribution is 1.17. The summed E-state index contributed by atoms with van der Waals surface area (Å²) in [6.07, 6.45) is 9.06. The van der Waals surface area contributed by atoms with Crippen molar-refractivity contribution < 1.29 is 0 Å². The van der Waals surface area contributed by atoms with E-state index in [1.807, 2.05) is 36.9 Å². The van der Waals surface area contributed by atoms with Crippen molar-refractivity contribution in [3.8, 4) is 44.5 Å². The topological polar surface area (TPSA) is 51.6 Å². The van der Waals surface area contributed by atoms with Crippen LogP contribution < -0.4 is 0 Å². The fourth-order valence-electron chi connectivity index (χ4n) is 7.37. The van der Waals surface area contributed by atoms with Gasteiger partial charge in [-0.2, -0.15) is 0 Å². The molecule has 4 heteroatoms. The van der Waals surface area contributed by atoms with Gasteiger partial charge in [0.15, 0.2) is 0 Å². The summed E-state index contributed by atoms with van der Waals surface area (Å²) in [6, 6.07) is 46.3. The molecule has 0 bridgehead atoms. The summed E-state index contributed by atoms with van der Waals surface area (Å²) in [7, 11) is 0. The average Bonchev–Trinajstić information content (AvgIpc) is 3.16. The van der Waals surface area contributed by atoms with Crippen LogP contribution in [0.2, 0.25) is 0 Å². The molecule has 0 saturated heterocycles. The molecule has 222 valence electrons. The zero-order valence-electron chi connectivity index (χ0n) is 25.8. The Morgan fingerprint density at radius 1 is 0.354 bits per heavy atom. The smallest absolute Gasteiger partial charge is 0.115 e. The third-order valence-corrected chi connectivity index (χ3v) is 9.65. The van der Waals surface area contributed by atoms with Crippen LogP contribution in [0.15, 0.2) is 159 Å². The molecule has 3 aromatic heterocycles. The maximum atomic E-state index is 4.56. The van der Waals surface area contributed by atoms with E-state index in [9.17, 15) is 0 Å². The van der Waals surface area contributed by atoms with Gasteiger partial charge in [0, 0.05) is 41.1 Å². The van der Waals surface area contributed by atoms with Crippen molar-refractivity contribution in [3.05, 3.63) is 159 Å². The Kier molecular flexibility index (Phi) is 5.84. The zero-order valence-corrected chi connectivity index (χ0v) is 25.8. The minimum atomic E-state index is 0.993. The molecule has 10 aromatic rings. The van der Waals surface area contributed by atoms with E-state index in [2.05, 4.69) is 135 Å². The van der Waals surface area contributed by atoms with Gasteiger partial charge in [0.2, 0.25) is 0 Å². The third kappa shape index (κ3) is 4.24. The first-order valence-corrected chi connectivity index (χ1v) is 16.1. The highest BCUT2D eigenvalue weighted by Crippen LogP contribution is 2.43. The summed E-state index contributed by atoms with van der Waals surface area (Å²) < 4.78 is 0. The maximum absolute atomic E-state index is 4.56. The highest BCUT2D eigenvalue weighted by molar-refractivity contribution is 6.27. The molecule has 10 rings (SSSR count). The minimum Gasteiger partial charge on any atom is -0.256 e. The first-order valence-electron chi connectivity index (χ1n) is 16.1. The summed E-state index contributed by atoms with van der Waals surface area (Å²) >= 11 is 0. The Bertz CT molecular complexity index is 2740. The van der Waals surface area contributed by atoms with Gasteiger partial charge in [-0.3, -0.25) is 9.97 Å². The quantitative estimate of drug-likeness (QED) is 0.186. The number of hydrogen-bond donors (Lipinski definition) is 0. The Morgan fingerprint density at radius 2 is 0.854 bits per heavy atom. The molecule has 3 heterocycles. The van der Waals surface area contributed by atoms with Crippen LogP contribution in [-0.4, -0.2) is 19.9 Å². The van der Waals surface area contributed by atoms with Crippen LogP contribution in [0.1, 0.15) is 0 Å². The van der Waals surface area contributed by atoms with Crippen molar-refractivity contribution in [3.63, 3.8) is 0 Å². The average molecular weight is 611 g/mol.